The van der Waals surface area contributed by atoms with Gasteiger partial charge >= 0.3 is 0 Å². The van der Waals surface area contributed by atoms with Crippen LogP contribution in [0.1, 0.15) is 37.0 Å². The summed E-state index contributed by atoms with van der Waals surface area (Å²) in [6.07, 6.45) is 1.40. The van der Waals surface area contributed by atoms with Crippen molar-refractivity contribution in [3.05, 3.63) is 83.6 Å². The highest BCUT2D eigenvalue weighted by Crippen LogP contribution is 2.19. The van der Waals surface area contributed by atoms with Gasteiger partial charge in [-0.15, -0.1) is 0 Å². The Morgan fingerprint density at radius 3 is 2.26 bits per heavy atom. The molecule has 0 aliphatic rings. The first-order valence-corrected chi connectivity index (χ1v) is 7.89. The molecule has 0 fully saturated rings. The lowest BCUT2D eigenvalue weighted by Gasteiger charge is -2.15. The van der Waals surface area contributed by atoms with Crippen LogP contribution in [0.3, 0.4) is 0 Å². The number of aliphatic hydroxyl groups excluding tert-OH is 2. The van der Waals surface area contributed by atoms with Crippen molar-refractivity contribution in [3.8, 4) is 0 Å². The van der Waals surface area contributed by atoms with Gasteiger partial charge in [0, 0.05) is 6.42 Å². The zero-order valence-electron chi connectivity index (χ0n) is 13.4. The largest absolute Gasteiger partial charge is 0.494 e. The van der Waals surface area contributed by atoms with Gasteiger partial charge in [-0.05, 0) is 30.5 Å². The van der Waals surface area contributed by atoms with E-state index in [4.69, 9.17) is 4.74 Å². The molecule has 2 aromatic carbocycles. The molecule has 0 radical (unpaired) electrons. The summed E-state index contributed by atoms with van der Waals surface area (Å²) in [6.45, 7) is 2.40. The smallest absolute Gasteiger partial charge is 0.113 e. The lowest BCUT2D eigenvalue weighted by molar-refractivity contribution is 0.0811. The summed E-state index contributed by atoms with van der Waals surface area (Å²) in [5.74, 6) is 0.780. The third-order valence-corrected chi connectivity index (χ3v) is 3.67. The van der Waals surface area contributed by atoms with Crippen LogP contribution in [0.25, 0.3) is 0 Å². The predicted octanol–water partition coefficient (Wildman–Crippen LogP) is 3.98. The zero-order valence-corrected chi connectivity index (χ0v) is 13.4. The second-order valence-electron chi connectivity index (χ2n) is 5.64. The third-order valence-electron chi connectivity index (χ3n) is 3.67. The van der Waals surface area contributed by atoms with Gasteiger partial charge in [0.1, 0.15) is 6.61 Å². The summed E-state index contributed by atoms with van der Waals surface area (Å²) in [5.41, 5.74) is 1.94. The quantitative estimate of drug-likeness (QED) is 0.725. The van der Waals surface area contributed by atoms with Gasteiger partial charge in [0.05, 0.1) is 18.0 Å². The Morgan fingerprint density at radius 2 is 1.61 bits per heavy atom. The number of hydrogen-bond acceptors (Lipinski definition) is 3. The van der Waals surface area contributed by atoms with Crippen molar-refractivity contribution in [2.45, 2.75) is 38.6 Å². The molecule has 3 heteroatoms. The van der Waals surface area contributed by atoms with Gasteiger partial charge < -0.3 is 14.9 Å². The van der Waals surface area contributed by atoms with Crippen molar-refractivity contribution in [1.82, 2.24) is 0 Å². The number of aliphatic hydroxyl groups is 2. The zero-order chi connectivity index (χ0) is 16.5. The SMILES string of the molecule is C/C(=C/C[C@@H](O)C[C@H](O)c1ccccc1)OCc1ccccc1. The van der Waals surface area contributed by atoms with Crippen LogP contribution in [0.2, 0.25) is 0 Å². The van der Waals surface area contributed by atoms with Crippen molar-refractivity contribution >= 4 is 0 Å². The second kappa shape index (κ2) is 9.13. The molecule has 0 aliphatic heterocycles. The summed E-state index contributed by atoms with van der Waals surface area (Å²) in [7, 11) is 0. The van der Waals surface area contributed by atoms with E-state index < -0.39 is 12.2 Å². The molecule has 2 atom stereocenters. The first-order chi connectivity index (χ1) is 11.1. The highest BCUT2D eigenvalue weighted by Gasteiger charge is 2.12. The van der Waals surface area contributed by atoms with Gasteiger partial charge in [-0.2, -0.15) is 0 Å². The molecular weight excluding hydrogens is 288 g/mol. The molecule has 0 heterocycles. The Balaban J connectivity index is 1.75. The maximum atomic E-state index is 10.1. The van der Waals surface area contributed by atoms with Crippen LogP contribution in [0.5, 0.6) is 0 Å². The molecule has 0 amide bonds. The Bertz CT molecular complexity index is 593. The standard InChI is InChI=1S/C20H24O3/c1-16(23-15-17-8-4-2-5-9-17)12-13-19(21)14-20(22)18-10-6-3-7-11-18/h2-12,19-22H,13-15H2,1H3/b16-12-/t19-,20+/m1/s1. The van der Waals surface area contributed by atoms with Crippen molar-refractivity contribution in [2.24, 2.45) is 0 Å². The molecule has 0 bridgehead atoms. The second-order valence-corrected chi connectivity index (χ2v) is 5.64. The molecule has 0 spiro atoms. The summed E-state index contributed by atoms with van der Waals surface area (Å²) in [5, 5.41) is 20.2. The number of hydrogen-bond donors (Lipinski definition) is 2. The van der Waals surface area contributed by atoms with Crippen molar-refractivity contribution in [2.75, 3.05) is 0 Å². The first-order valence-electron chi connectivity index (χ1n) is 7.89. The average molecular weight is 312 g/mol. The maximum absolute atomic E-state index is 10.1. The highest BCUT2D eigenvalue weighted by molar-refractivity contribution is 5.17. The Labute approximate surface area is 137 Å². The summed E-state index contributed by atoms with van der Waals surface area (Å²) >= 11 is 0. The van der Waals surface area contributed by atoms with Gasteiger partial charge in [-0.1, -0.05) is 60.7 Å². The van der Waals surface area contributed by atoms with E-state index in [9.17, 15) is 10.2 Å². The minimum absolute atomic E-state index is 0.312. The fourth-order valence-corrected chi connectivity index (χ4v) is 2.30. The Morgan fingerprint density at radius 1 is 1.00 bits per heavy atom. The topological polar surface area (TPSA) is 49.7 Å². The van der Waals surface area contributed by atoms with E-state index >= 15 is 0 Å². The van der Waals surface area contributed by atoms with Crippen LogP contribution in [0, 0.1) is 0 Å². The van der Waals surface area contributed by atoms with Crippen LogP contribution in [-0.2, 0) is 11.3 Å². The van der Waals surface area contributed by atoms with E-state index in [0.29, 0.717) is 19.4 Å². The van der Waals surface area contributed by atoms with Gasteiger partial charge in [0.25, 0.3) is 0 Å². The Kier molecular flexibility index (Phi) is 6.85. The number of ether oxygens (including phenoxy) is 1. The minimum Gasteiger partial charge on any atom is -0.494 e. The van der Waals surface area contributed by atoms with Crippen molar-refractivity contribution in [1.29, 1.82) is 0 Å². The molecule has 0 aliphatic carbocycles. The predicted molar refractivity (Wildman–Crippen MR) is 91.6 cm³/mol. The van der Waals surface area contributed by atoms with E-state index in [2.05, 4.69) is 0 Å². The fraction of sp³-hybridized carbons (Fsp3) is 0.300. The molecule has 23 heavy (non-hydrogen) atoms. The molecule has 2 rings (SSSR count). The van der Waals surface area contributed by atoms with E-state index in [1.807, 2.05) is 73.7 Å². The van der Waals surface area contributed by atoms with Crippen LogP contribution >= 0.6 is 0 Å². The Hall–Kier alpha value is -2.10. The summed E-state index contributed by atoms with van der Waals surface area (Å²) < 4.78 is 5.66. The molecule has 0 saturated carbocycles. The van der Waals surface area contributed by atoms with E-state index in [1.54, 1.807) is 0 Å². The molecule has 122 valence electrons. The fourth-order valence-electron chi connectivity index (χ4n) is 2.30. The lowest BCUT2D eigenvalue weighted by Crippen LogP contribution is -2.11. The lowest BCUT2D eigenvalue weighted by atomic mass is 10.0. The number of benzene rings is 2. The number of rotatable bonds is 8. The molecular formula is C20H24O3. The number of allylic oxidation sites excluding steroid dienone is 1. The molecule has 0 aromatic heterocycles. The van der Waals surface area contributed by atoms with Gasteiger partial charge in [-0.3, -0.25) is 0 Å². The summed E-state index contributed by atoms with van der Waals surface area (Å²) in [6, 6.07) is 19.3. The highest BCUT2D eigenvalue weighted by atomic mass is 16.5. The summed E-state index contributed by atoms with van der Waals surface area (Å²) in [4.78, 5) is 0. The molecule has 0 saturated heterocycles. The van der Waals surface area contributed by atoms with Gasteiger partial charge in [0.2, 0.25) is 0 Å². The molecule has 3 nitrogen and oxygen atoms in total. The van der Waals surface area contributed by atoms with Crippen LogP contribution < -0.4 is 0 Å². The maximum Gasteiger partial charge on any atom is 0.113 e. The van der Waals surface area contributed by atoms with Gasteiger partial charge in [0.15, 0.2) is 0 Å². The normalized spacial score (nSPS) is 14.3. The molecule has 2 aromatic rings. The van der Waals surface area contributed by atoms with E-state index in [-0.39, 0.29) is 0 Å². The van der Waals surface area contributed by atoms with Crippen LogP contribution in [0.15, 0.2) is 72.5 Å². The van der Waals surface area contributed by atoms with Crippen LogP contribution in [-0.4, -0.2) is 16.3 Å². The first kappa shape index (κ1) is 17.3. The minimum atomic E-state index is -0.648. The van der Waals surface area contributed by atoms with E-state index in [1.165, 1.54) is 0 Å². The average Bonchev–Trinajstić information content (AvgIpc) is 2.60. The van der Waals surface area contributed by atoms with Crippen LogP contribution in [0.4, 0.5) is 0 Å². The van der Waals surface area contributed by atoms with Crippen molar-refractivity contribution < 1.29 is 14.9 Å². The van der Waals surface area contributed by atoms with Gasteiger partial charge in [-0.25, -0.2) is 0 Å². The monoisotopic (exact) mass is 312 g/mol. The molecule has 0 unspecified atom stereocenters. The van der Waals surface area contributed by atoms with E-state index in [0.717, 1.165) is 16.9 Å². The third kappa shape index (κ3) is 6.27. The van der Waals surface area contributed by atoms with Crippen molar-refractivity contribution in [3.63, 3.8) is 0 Å². The molecule has 2 N–H and O–H groups in total.